The van der Waals surface area contributed by atoms with E-state index in [1.807, 2.05) is 6.07 Å². The normalized spacial score (nSPS) is 13.3. The molecule has 0 aliphatic carbocycles. The van der Waals surface area contributed by atoms with Crippen molar-refractivity contribution in [2.45, 2.75) is 26.2 Å². The van der Waals surface area contributed by atoms with Gasteiger partial charge in [-0.3, -0.25) is 4.79 Å². The maximum absolute atomic E-state index is 11.1. The van der Waals surface area contributed by atoms with Crippen molar-refractivity contribution in [1.82, 2.24) is 4.98 Å². The van der Waals surface area contributed by atoms with Crippen LogP contribution in [0.1, 0.15) is 31.7 Å². The van der Waals surface area contributed by atoms with E-state index in [0.717, 1.165) is 16.6 Å². The molecule has 0 aliphatic heterocycles. The zero-order valence-corrected chi connectivity index (χ0v) is 9.15. The van der Waals surface area contributed by atoms with Crippen molar-refractivity contribution in [3.63, 3.8) is 0 Å². The van der Waals surface area contributed by atoms with Gasteiger partial charge in [-0.15, -0.1) is 0 Å². The first-order valence-electron chi connectivity index (χ1n) is 4.83. The summed E-state index contributed by atoms with van der Waals surface area (Å²) >= 11 is 1.28. The van der Waals surface area contributed by atoms with Crippen molar-refractivity contribution in [3.05, 3.63) is 33.4 Å². The second kappa shape index (κ2) is 3.58. The molecule has 0 saturated carbocycles. The van der Waals surface area contributed by atoms with Gasteiger partial charge in [-0.2, -0.15) is 0 Å². The number of fused-ring (bicyclic) bond motifs is 1. The van der Waals surface area contributed by atoms with Gasteiger partial charge in [0.15, 0.2) is 0 Å². The molecule has 1 N–H and O–H groups in total. The third kappa shape index (κ3) is 1.60. The second-order valence-corrected chi connectivity index (χ2v) is 4.59. The van der Waals surface area contributed by atoms with E-state index in [1.165, 1.54) is 16.9 Å². The molecule has 1 atom stereocenters. The monoisotopic (exact) mass is 207 g/mol. The summed E-state index contributed by atoms with van der Waals surface area (Å²) in [4.78, 5) is 13.9. The first-order valence-corrected chi connectivity index (χ1v) is 5.65. The summed E-state index contributed by atoms with van der Waals surface area (Å²) in [6, 6.07) is 6.21. The molecule has 0 radical (unpaired) electrons. The lowest BCUT2D eigenvalue weighted by molar-refractivity contribution is 0.735. The molecule has 0 fully saturated rings. The summed E-state index contributed by atoms with van der Waals surface area (Å²) in [5.41, 5.74) is 2.27. The number of thiazole rings is 1. The Morgan fingerprint density at radius 2 is 2.29 bits per heavy atom. The Kier molecular flexibility index (Phi) is 2.42. The van der Waals surface area contributed by atoms with E-state index in [0.29, 0.717) is 5.92 Å². The van der Waals surface area contributed by atoms with Gasteiger partial charge in [0.25, 0.3) is 0 Å². The van der Waals surface area contributed by atoms with Crippen molar-refractivity contribution in [3.8, 4) is 0 Å². The molecule has 0 bridgehead atoms. The number of hydrogen-bond donors (Lipinski definition) is 1. The highest BCUT2D eigenvalue weighted by atomic mass is 32.1. The highest BCUT2D eigenvalue weighted by Gasteiger charge is 2.05. The molecular formula is C11H13NOS. The van der Waals surface area contributed by atoms with Crippen LogP contribution in [0.4, 0.5) is 0 Å². The number of H-pyrrole nitrogens is 1. The molecule has 1 aromatic heterocycles. The van der Waals surface area contributed by atoms with Crippen LogP contribution >= 0.6 is 11.3 Å². The Bertz CT molecular complexity index is 497. The van der Waals surface area contributed by atoms with E-state index in [9.17, 15) is 4.79 Å². The summed E-state index contributed by atoms with van der Waals surface area (Å²) in [5.74, 6) is 0.566. The van der Waals surface area contributed by atoms with Crippen molar-refractivity contribution in [2.75, 3.05) is 0 Å². The lowest BCUT2D eigenvalue weighted by Crippen LogP contribution is -1.90. The molecule has 1 heterocycles. The number of rotatable bonds is 2. The van der Waals surface area contributed by atoms with Gasteiger partial charge in [0, 0.05) is 0 Å². The van der Waals surface area contributed by atoms with Crippen LogP contribution in [0.25, 0.3) is 10.2 Å². The largest absolute Gasteiger partial charge is 0.312 e. The first-order chi connectivity index (χ1) is 6.70. The average molecular weight is 207 g/mol. The van der Waals surface area contributed by atoms with Crippen LogP contribution < -0.4 is 4.87 Å². The standard InChI is InChI=1S/C11H13NOS/c1-3-7(2)8-4-5-9-10(6-8)14-11(13)12-9/h4-7H,3H2,1-2H3,(H,12,13). The fourth-order valence-electron chi connectivity index (χ4n) is 1.50. The highest BCUT2D eigenvalue weighted by molar-refractivity contribution is 7.16. The van der Waals surface area contributed by atoms with Gasteiger partial charge >= 0.3 is 4.87 Å². The van der Waals surface area contributed by atoms with Crippen LogP contribution in [0.3, 0.4) is 0 Å². The smallest absolute Gasteiger partial charge is 0.305 e. The molecule has 0 spiro atoms. The number of benzene rings is 1. The zero-order valence-electron chi connectivity index (χ0n) is 8.33. The topological polar surface area (TPSA) is 32.9 Å². The molecule has 1 unspecified atom stereocenters. The van der Waals surface area contributed by atoms with Crippen molar-refractivity contribution < 1.29 is 0 Å². The van der Waals surface area contributed by atoms with Gasteiger partial charge in [-0.05, 0) is 30.0 Å². The van der Waals surface area contributed by atoms with E-state index in [1.54, 1.807) is 0 Å². The van der Waals surface area contributed by atoms with Crippen molar-refractivity contribution >= 4 is 21.6 Å². The van der Waals surface area contributed by atoms with Gasteiger partial charge in [0.05, 0.1) is 10.2 Å². The Balaban J connectivity index is 2.55. The lowest BCUT2D eigenvalue weighted by atomic mass is 9.99. The summed E-state index contributed by atoms with van der Waals surface area (Å²) in [5, 5.41) is 0. The molecule has 2 aromatic rings. The molecule has 74 valence electrons. The van der Waals surface area contributed by atoms with E-state index in [2.05, 4.69) is 31.0 Å². The third-order valence-electron chi connectivity index (χ3n) is 2.63. The van der Waals surface area contributed by atoms with Gasteiger partial charge in [0.1, 0.15) is 0 Å². The molecule has 1 aromatic carbocycles. The van der Waals surface area contributed by atoms with E-state index in [4.69, 9.17) is 0 Å². The predicted molar refractivity (Wildman–Crippen MR) is 61.2 cm³/mol. The number of aromatic nitrogens is 1. The molecular weight excluding hydrogens is 194 g/mol. The van der Waals surface area contributed by atoms with Gasteiger partial charge < -0.3 is 4.98 Å². The predicted octanol–water partition coefficient (Wildman–Crippen LogP) is 3.10. The fourth-order valence-corrected chi connectivity index (χ4v) is 2.29. The summed E-state index contributed by atoms with van der Waals surface area (Å²) < 4.78 is 1.06. The van der Waals surface area contributed by atoms with Gasteiger partial charge in [0.2, 0.25) is 0 Å². The van der Waals surface area contributed by atoms with E-state index >= 15 is 0 Å². The quantitative estimate of drug-likeness (QED) is 0.806. The maximum Gasteiger partial charge on any atom is 0.305 e. The van der Waals surface area contributed by atoms with Crippen LogP contribution in [0.15, 0.2) is 23.0 Å². The van der Waals surface area contributed by atoms with Crippen LogP contribution in [-0.2, 0) is 0 Å². The molecule has 3 heteroatoms. The number of aromatic amines is 1. The lowest BCUT2D eigenvalue weighted by Gasteiger charge is -2.07. The Morgan fingerprint density at radius 3 is 3.00 bits per heavy atom. The van der Waals surface area contributed by atoms with Crippen LogP contribution in [0, 0.1) is 0 Å². The van der Waals surface area contributed by atoms with Crippen LogP contribution in [-0.4, -0.2) is 4.98 Å². The maximum atomic E-state index is 11.1. The van der Waals surface area contributed by atoms with E-state index in [-0.39, 0.29) is 4.87 Å². The Hall–Kier alpha value is -1.09. The van der Waals surface area contributed by atoms with Crippen LogP contribution in [0.2, 0.25) is 0 Å². The molecule has 0 saturated heterocycles. The first kappa shape index (κ1) is 9.46. The van der Waals surface area contributed by atoms with Crippen LogP contribution in [0.5, 0.6) is 0 Å². The summed E-state index contributed by atoms with van der Waals surface area (Å²) in [6.07, 6.45) is 1.13. The Labute approximate surface area is 86.6 Å². The molecule has 2 rings (SSSR count). The van der Waals surface area contributed by atoms with Crippen molar-refractivity contribution in [1.29, 1.82) is 0 Å². The Morgan fingerprint density at radius 1 is 1.50 bits per heavy atom. The average Bonchev–Trinajstić information content (AvgIpc) is 2.55. The fraction of sp³-hybridized carbons (Fsp3) is 0.364. The molecule has 0 aliphatic rings. The van der Waals surface area contributed by atoms with Gasteiger partial charge in [-0.1, -0.05) is 31.3 Å². The minimum atomic E-state index is 0.0290. The second-order valence-electron chi connectivity index (χ2n) is 3.58. The summed E-state index contributed by atoms with van der Waals surface area (Å²) in [6.45, 7) is 4.38. The van der Waals surface area contributed by atoms with Gasteiger partial charge in [-0.25, -0.2) is 0 Å². The molecule has 2 nitrogen and oxygen atoms in total. The highest BCUT2D eigenvalue weighted by Crippen LogP contribution is 2.23. The third-order valence-corrected chi connectivity index (χ3v) is 3.47. The molecule has 14 heavy (non-hydrogen) atoms. The molecule has 0 amide bonds. The zero-order chi connectivity index (χ0) is 10.1. The SMILES string of the molecule is CCC(C)c1ccc2[nH]c(=O)sc2c1. The van der Waals surface area contributed by atoms with E-state index < -0.39 is 0 Å². The summed E-state index contributed by atoms with van der Waals surface area (Å²) in [7, 11) is 0. The minimum absolute atomic E-state index is 0.0290. The minimum Gasteiger partial charge on any atom is -0.312 e. The number of nitrogens with one attached hydrogen (secondary N) is 1. The van der Waals surface area contributed by atoms with Crippen molar-refractivity contribution in [2.24, 2.45) is 0 Å². The number of hydrogen-bond acceptors (Lipinski definition) is 2.